The van der Waals surface area contributed by atoms with Crippen LogP contribution in [0.4, 0.5) is 5.69 Å². The van der Waals surface area contributed by atoms with Crippen LogP contribution in [0.1, 0.15) is 35.6 Å². The fourth-order valence-corrected chi connectivity index (χ4v) is 9.17. The molecule has 3 aromatic rings. The smallest absolute Gasteiger partial charge is 0.305 e. The number of aromatic amines is 1. The van der Waals surface area contributed by atoms with Crippen LogP contribution in [0.2, 0.25) is 5.02 Å². The van der Waals surface area contributed by atoms with Gasteiger partial charge >= 0.3 is 4.87 Å². The molecule has 6 nitrogen and oxygen atoms in total. The second-order valence-electron chi connectivity index (χ2n) is 9.43. The number of thiazole rings is 1. The highest BCUT2D eigenvalue weighted by molar-refractivity contribution is 8.00. The number of fused-ring (bicyclic) bond motifs is 6. The van der Waals surface area contributed by atoms with E-state index in [1.54, 1.807) is 37.4 Å². The van der Waals surface area contributed by atoms with Crippen molar-refractivity contribution in [1.29, 1.82) is 0 Å². The molecule has 0 radical (unpaired) electrons. The molecule has 1 aliphatic heterocycles. The minimum Gasteiger partial charge on any atom is -0.497 e. The standard InChI is InChI=1S/C26H25ClN2O4S2/c1-32-17-7-5-16(6-8-17)28-20(30)12-33-19-9-4-15(27)11-18(19)22-21-13-2-3-14(10-13)23(21)34-25-24(22)35-26(31)29-25/h4-9,11,13-14,21-23H,2-3,10,12H2,1H3,(H,28,30)(H,29,31)/t13?,14?,21?,22-,23?/m1/s1. The highest BCUT2D eigenvalue weighted by atomic mass is 35.5. The van der Waals surface area contributed by atoms with Gasteiger partial charge in [0, 0.05) is 32.3 Å². The lowest BCUT2D eigenvalue weighted by atomic mass is 9.74. The minimum absolute atomic E-state index is 0.0248. The zero-order chi connectivity index (χ0) is 24.1. The quantitative estimate of drug-likeness (QED) is 0.424. The Morgan fingerprint density at radius 2 is 1.97 bits per heavy atom. The number of halogens is 1. The van der Waals surface area contributed by atoms with Gasteiger partial charge in [0.05, 0.1) is 12.1 Å². The number of aromatic nitrogens is 1. The molecule has 5 atom stereocenters. The van der Waals surface area contributed by atoms with Gasteiger partial charge in [0.1, 0.15) is 11.5 Å². The molecule has 4 unspecified atom stereocenters. The number of anilines is 1. The Labute approximate surface area is 216 Å². The third-order valence-electron chi connectivity index (χ3n) is 7.50. The van der Waals surface area contributed by atoms with Crippen molar-refractivity contribution < 1.29 is 14.3 Å². The largest absolute Gasteiger partial charge is 0.497 e. The molecule has 0 saturated heterocycles. The molecule has 2 aromatic carbocycles. The number of H-pyrrole nitrogens is 1. The number of carbonyl (C=O) groups is 1. The van der Waals surface area contributed by atoms with Crippen LogP contribution in [0.25, 0.3) is 0 Å². The maximum Gasteiger partial charge on any atom is 0.305 e. The normalized spacial score (nSPS) is 26.2. The van der Waals surface area contributed by atoms with E-state index in [4.69, 9.17) is 21.1 Å². The molecule has 3 aliphatic rings. The number of hydrogen-bond donors (Lipinski definition) is 2. The van der Waals surface area contributed by atoms with Crippen LogP contribution in [0.5, 0.6) is 11.5 Å². The van der Waals surface area contributed by atoms with Crippen molar-refractivity contribution in [2.75, 3.05) is 19.0 Å². The molecule has 182 valence electrons. The third-order valence-corrected chi connectivity index (χ3v) is 10.4. The summed E-state index contributed by atoms with van der Waals surface area (Å²) < 4.78 is 11.3. The van der Waals surface area contributed by atoms with Crippen molar-refractivity contribution in [3.63, 3.8) is 0 Å². The van der Waals surface area contributed by atoms with Gasteiger partial charge in [-0.05, 0) is 79.5 Å². The van der Waals surface area contributed by atoms with Gasteiger partial charge in [0.2, 0.25) is 0 Å². The Hall–Kier alpha value is -2.42. The number of methoxy groups -OCH3 is 1. The summed E-state index contributed by atoms with van der Waals surface area (Å²) in [5.74, 6) is 2.91. The summed E-state index contributed by atoms with van der Waals surface area (Å²) >= 11 is 9.61. The van der Waals surface area contributed by atoms with E-state index in [9.17, 15) is 9.59 Å². The van der Waals surface area contributed by atoms with Crippen LogP contribution in [0.3, 0.4) is 0 Å². The second-order valence-corrected chi connectivity index (χ2v) is 12.1. The van der Waals surface area contributed by atoms with Gasteiger partial charge in [-0.3, -0.25) is 9.59 Å². The van der Waals surface area contributed by atoms with Gasteiger partial charge in [0.15, 0.2) is 6.61 Å². The number of hydrogen-bond acceptors (Lipinski definition) is 6. The van der Waals surface area contributed by atoms with E-state index in [2.05, 4.69) is 10.3 Å². The lowest BCUT2D eigenvalue weighted by Gasteiger charge is -2.40. The van der Waals surface area contributed by atoms with E-state index < -0.39 is 0 Å². The monoisotopic (exact) mass is 528 g/mol. The van der Waals surface area contributed by atoms with E-state index in [1.807, 2.05) is 23.9 Å². The molecular formula is C26H25ClN2O4S2. The lowest BCUT2D eigenvalue weighted by molar-refractivity contribution is -0.118. The average Bonchev–Trinajstić information content (AvgIpc) is 3.56. The first-order valence-electron chi connectivity index (χ1n) is 11.8. The Kier molecular flexibility index (Phi) is 6.06. The van der Waals surface area contributed by atoms with Crippen molar-refractivity contribution >= 4 is 46.3 Å². The number of nitrogens with one attached hydrogen (secondary N) is 2. The van der Waals surface area contributed by atoms with E-state index >= 15 is 0 Å². The maximum absolute atomic E-state index is 12.6. The molecule has 2 aliphatic carbocycles. The van der Waals surface area contributed by atoms with Crippen LogP contribution < -0.4 is 19.7 Å². The number of amides is 1. The number of benzene rings is 2. The Balaban J connectivity index is 1.28. The van der Waals surface area contributed by atoms with Crippen molar-refractivity contribution in [2.45, 2.75) is 35.5 Å². The Morgan fingerprint density at radius 3 is 2.77 bits per heavy atom. The fraction of sp³-hybridized carbons (Fsp3) is 0.385. The van der Waals surface area contributed by atoms with Crippen LogP contribution in [0, 0.1) is 17.8 Å². The van der Waals surface area contributed by atoms with Gasteiger partial charge in [-0.2, -0.15) is 0 Å². The molecule has 2 heterocycles. The van der Waals surface area contributed by atoms with Crippen molar-refractivity contribution in [2.24, 2.45) is 17.8 Å². The van der Waals surface area contributed by atoms with Crippen molar-refractivity contribution in [3.05, 3.63) is 67.6 Å². The number of thioether (sulfide) groups is 1. The van der Waals surface area contributed by atoms with Gasteiger partial charge < -0.3 is 19.8 Å². The molecule has 35 heavy (non-hydrogen) atoms. The maximum atomic E-state index is 12.6. The summed E-state index contributed by atoms with van der Waals surface area (Å²) in [7, 11) is 1.60. The highest BCUT2D eigenvalue weighted by Crippen LogP contribution is 2.64. The minimum atomic E-state index is -0.250. The number of ether oxygens (including phenoxy) is 2. The molecule has 2 saturated carbocycles. The third kappa shape index (κ3) is 4.26. The molecular weight excluding hydrogens is 504 g/mol. The van der Waals surface area contributed by atoms with Gasteiger partial charge in [-0.15, -0.1) is 11.8 Å². The first-order valence-corrected chi connectivity index (χ1v) is 13.8. The Morgan fingerprint density at radius 1 is 1.17 bits per heavy atom. The van der Waals surface area contributed by atoms with Crippen molar-refractivity contribution in [1.82, 2.24) is 4.98 Å². The molecule has 1 aromatic heterocycles. The molecule has 0 spiro atoms. The molecule has 9 heteroatoms. The number of rotatable bonds is 6. The summed E-state index contributed by atoms with van der Waals surface area (Å²) in [6, 6.07) is 12.7. The predicted molar refractivity (Wildman–Crippen MR) is 139 cm³/mol. The zero-order valence-electron chi connectivity index (χ0n) is 19.1. The van der Waals surface area contributed by atoms with Crippen molar-refractivity contribution in [3.8, 4) is 11.5 Å². The molecule has 2 N–H and O–H groups in total. The van der Waals surface area contributed by atoms with Crippen LogP contribution in [-0.2, 0) is 4.79 Å². The first-order chi connectivity index (χ1) is 17.0. The fourth-order valence-electron chi connectivity index (χ4n) is 6.11. The van der Waals surface area contributed by atoms with E-state index in [1.165, 1.54) is 30.6 Å². The first kappa shape index (κ1) is 23.0. The number of carbonyl (C=O) groups excluding carboxylic acids is 1. The zero-order valence-corrected chi connectivity index (χ0v) is 21.5. The highest BCUT2D eigenvalue weighted by Gasteiger charge is 2.55. The van der Waals surface area contributed by atoms with Gasteiger partial charge in [-0.25, -0.2) is 0 Å². The summed E-state index contributed by atoms with van der Waals surface area (Å²) in [6.07, 6.45) is 3.75. The summed E-state index contributed by atoms with van der Waals surface area (Å²) in [5, 5.41) is 4.96. The summed E-state index contributed by atoms with van der Waals surface area (Å²) in [5.41, 5.74) is 1.64. The van der Waals surface area contributed by atoms with Crippen LogP contribution in [0.15, 0.2) is 52.3 Å². The Bertz CT molecular complexity index is 1320. The molecule has 1 amide bonds. The average molecular weight is 529 g/mol. The summed E-state index contributed by atoms with van der Waals surface area (Å²) in [6.45, 7) is -0.126. The molecule has 2 fully saturated rings. The predicted octanol–water partition coefficient (Wildman–Crippen LogP) is 5.77. The topological polar surface area (TPSA) is 80.4 Å². The lowest BCUT2D eigenvalue weighted by Crippen LogP contribution is -2.34. The summed E-state index contributed by atoms with van der Waals surface area (Å²) in [4.78, 5) is 29.1. The van der Waals surface area contributed by atoms with E-state index in [-0.39, 0.29) is 23.3 Å². The van der Waals surface area contributed by atoms with Crippen LogP contribution >= 0.6 is 34.7 Å². The van der Waals surface area contributed by atoms with E-state index in [0.717, 1.165) is 21.2 Å². The van der Waals surface area contributed by atoms with Gasteiger partial charge in [0.25, 0.3) is 5.91 Å². The van der Waals surface area contributed by atoms with Gasteiger partial charge in [-0.1, -0.05) is 22.9 Å². The van der Waals surface area contributed by atoms with E-state index in [0.29, 0.717) is 39.5 Å². The molecule has 6 rings (SSSR count). The second kappa shape index (κ2) is 9.22. The molecule has 2 bridgehead atoms. The van der Waals surface area contributed by atoms with Crippen LogP contribution in [-0.4, -0.2) is 29.9 Å². The SMILES string of the molecule is COc1ccc(NC(=O)COc2ccc(Cl)cc2[C@H]2c3sc(=O)[nH]c3SC3C4CCC(C4)C32)cc1.